The van der Waals surface area contributed by atoms with E-state index in [0.29, 0.717) is 12.0 Å². The Kier molecular flexibility index (Phi) is 6.47. The first kappa shape index (κ1) is 20.8. The van der Waals surface area contributed by atoms with Crippen LogP contribution in [0.3, 0.4) is 0 Å². The number of anilines is 1. The van der Waals surface area contributed by atoms with Crippen LogP contribution in [0.15, 0.2) is 54.6 Å². The zero-order chi connectivity index (χ0) is 21.0. The lowest BCUT2D eigenvalue weighted by Gasteiger charge is -2.38. The fourth-order valence-corrected chi connectivity index (χ4v) is 3.70. The highest BCUT2D eigenvalue weighted by Gasteiger charge is 2.36. The number of carbonyl (C=O) groups excluding carboxylic acids is 2. The van der Waals surface area contributed by atoms with Crippen LogP contribution in [0.1, 0.15) is 50.7 Å². The van der Waals surface area contributed by atoms with Crippen LogP contribution in [0.25, 0.3) is 6.08 Å². The minimum atomic E-state index is -0.341. The average Bonchev–Trinajstić information content (AvgIpc) is 2.71. The monoisotopic (exact) mass is 394 g/mol. The zero-order valence-corrected chi connectivity index (χ0v) is 17.1. The normalized spacial score (nSPS) is 19.7. The van der Waals surface area contributed by atoms with Crippen molar-refractivity contribution in [3.63, 3.8) is 0 Å². The van der Waals surface area contributed by atoms with E-state index in [2.05, 4.69) is 5.32 Å². The minimum Gasteiger partial charge on any atom is -0.353 e. The Morgan fingerprint density at radius 1 is 1.24 bits per heavy atom. The standard InChI is InChI=1S/C24H27FN2O2/c1-4-16(2)26-24(29)21-14-17(3)27(22-11-6-5-10-20(21)22)23(28)13-12-18-8-7-9-19(25)15-18/h5-13,15-17,21H,4,14H2,1-3H3,(H,26,29)/b13-12+/t16-,17+,21-/m0/s1. The summed E-state index contributed by atoms with van der Waals surface area (Å²) < 4.78 is 13.4. The van der Waals surface area contributed by atoms with E-state index in [1.165, 1.54) is 18.2 Å². The van der Waals surface area contributed by atoms with Gasteiger partial charge in [-0.25, -0.2) is 4.39 Å². The Morgan fingerprint density at radius 2 is 2.00 bits per heavy atom. The molecule has 5 heteroatoms. The van der Waals surface area contributed by atoms with Gasteiger partial charge in [0.25, 0.3) is 5.91 Å². The van der Waals surface area contributed by atoms with Crippen molar-refractivity contribution in [2.75, 3.05) is 4.90 Å². The first-order valence-corrected chi connectivity index (χ1v) is 10.1. The van der Waals surface area contributed by atoms with Crippen molar-refractivity contribution in [2.24, 2.45) is 0 Å². The zero-order valence-electron chi connectivity index (χ0n) is 17.1. The number of halogens is 1. The van der Waals surface area contributed by atoms with Crippen LogP contribution in [0.2, 0.25) is 0 Å². The van der Waals surface area contributed by atoms with Crippen LogP contribution in [0, 0.1) is 5.82 Å². The number of hydrogen-bond acceptors (Lipinski definition) is 2. The maximum atomic E-state index is 13.4. The van der Waals surface area contributed by atoms with Gasteiger partial charge in [0.05, 0.1) is 5.92 Å². The number of fused-ring (bicyclic) bond motifs is 1. The maximum Gasteiger partial charge on any atom is 0.251 e. The number of nitrogens with one attached hydrogen (secondary N) is 1. The van der Waals surface area contributed by atoms with Crippen LogP contribution in [-0.2, 0) is 9.59 Å². The van der Waals surface area contributed by atoms with E-state index in [-0.39, 0.29) is 35.6 Å². The average molecular weight is 394 g/mol. The van der Waals surface area contributed by atoms with Gasteiger partial charge in [-0.05, 0) is 62.1 Å². The molecule has 3 rings (SSSR count). The van der Waals surface area contributed by atoms with Crippen LogP contribution in [-0.4, -0.2) is 23.9 Å². The highest BCUT2D eigenvalue weighted by molar-refractivity contribution is 6.06. The first-order valence-electron chi connectivity index (χ1n) is 10.1. The number of rotatable bonds is 5. The summed E-state index contributed by atoms with van der Waals surface area (Å²) in [5, 5.41) is 3.06. The van der Waals surface area contributed by atoms with Gasteiger partial charge in [-0.3, -0.25) is 9.59 Å². The summed E-state index contributed by atoms with van der Waals surface area (Å²) in [5.74, 6) is -0.811. The van der Waals surface area contributed by atoms with E-state index in [1.807, 2.05) is 45.0 Å². The molecule has 0 aliphatic carbocycles. The molecule has 1 N–H and O–H groups in total. The lowest BCUT2D eigenvalue weighted by molar-refractivity contribution is -0.124. The predicted molar refractivity (Wildman–Crippen MR) is 114 cm³/mol. The molecule has 2 aromatic carbocycles. The molecule has 29 heavy (non-hydrogen) atoms. The molecule has 0 saturated heterocycles. The van der Waals surface area contributed by atoms with Gasteiger partial charge in [0.1, 0.15) is 5.82 Å². The molecule has 0 aromatic heterocycles. The van der Waals surface area contributed by atoms with Crippen molar-refractivity contribution in [3.8, 4) is 0 Å². The number of amides is 2. The molecule has 152 valence electrons. The molecule has 1 aliphatic heterocycles. The molecular weight excluding hydrogens is 367 g/mol. The molecule has 0 saturated carbocycles. The van der Waals surface area contributed by atoms with Gasteiger partial charge >= 0.3 is 0 Å². The van der Waals surface area contributed by atoms with Crippen molar-refractivity contribution in [2.45, 2.75) is 51.6 Å². The maximum absolute atomic E-state index is 13.4. The summed E-state index contributed by atoms with van der Waals surface area (Å²) in [7, 11) is 0. The van der Waals surface area contributed by atoms with Crippen LogP contribution >= 0.6 is 0 Å². The summed E-state index contributed by atoms with van der Waals surface area (Å²) in [4.78, 5) is 27.5. The molecule has 4 nitrogen and oxygen atoms in total. The van der Waals surface area contributed by atoms with Crippen molar-refractivity contribution in [3.05, 3.63) is 71.6 Å². The topological polar surface area (TPSA) is 49.4 Å². The molecule has 0 radical (unpaired) electrons. The Hall–Kier alpha value is -2.95. The summed E-state index contributed by atoms with van der Waals surface area (Å²) in [5.41, 5.74) is 2.24. The molecule has 0 bridgehead atoms. The van der Waals surface area contributed by atoms with E-state index in [9.17, 15) is 14.0 Å². The summed E-state index contributed by atoms with van der Waals surface area (Å²) in [6.07, 6.45) is 4.49. The van der Waals surface area contributed by atoms with Gasteiger partial charge in [0, 0.05) is 23.8 Å². The predicted octanol–water partition coefficient (Wildman–Crippen LogP) is 4.66. The molecule has 1 aliphatic rings. The second-order valence-electron chi connectivity index (χ2n) is 7.61. The van der Waals surface area contributed by atoms with Gasteiger partial charge < -0.3 is 10.2 Å². The van der Waals surface area contributed by atoms with Gasteiger partial charge in [-0.15, -0.1) is 0 Å². The molecule has 3 atom stereocenters. The number of hydrogen-bond donors (Lipinski definition) is 1. The third-order valence-electron chi connectivity index (χ3n) is 5.41. The Bertz CT molecular complexity index is 925. The molecule has 0 unspecified atom stereocenters. The Balaban J connectivity index is 1.87. The van der Waals surface area contributed by atoms with Gasteiger partial charge in [0.2, 0.25) is 5.91 Å². The lowest BCUT2D eigenvalue weighted by atomic mass is 9.85. The van der Waals surface area contributed by atoms with Crippen LogP contribution in [0.4, 0.5) is 10.1 Å². The van der Waals surface area contributed by atoms with Crippen LogP contribution < -0.4 is 10.2 Å². The fraction of sp³-hybridized carbons (Fsp3) is 0.333. The Morgan fingerprint density at radius 3 is 2.72 bits per heavy atom. The van der Waals surface area contributed by atoms with Gasteiger partial charge in [-0.2, -0.15) is 0 Å². The molecule has 0 fully saturated rings. The van der Waals surface area contributed by atoms with E-state index in [1.54, 1.807) is 23.1 Å². The number of benzene rings is 2. The Labute approximate surface area is 171 Å². The van der Waals surface area contributed by atoms with Gasteiger partial charge in [0.15, 0.2) is 0 Å². The fourth-order valence-electron chi connectivity index (χ4n) is 3.70. The lowest BCUT2D eigenvalue weighted by Crippen LogP contribution is -2.46. The van der Waals surface area contributed by atoms with Crippen molar-refractivity contribution in [1.29, 1.82) is 0 Å². The van der Waals surface area contributed by atoms with E-state index in [4.69, 9.17) is 0 Å². The summed E-state index contributed by atoms with van der Waals surface area (Å²) in [6.45, 7) is 5.98. The third kappa shape index (κ3) is 4.73. The largest absolute Gasteiger partial charge is 0.353 e. The van der Waals surface area contributed by atoms with Gasteiger partial charge in [-0.1, -0.05) is 37.3 Å². The smallest absolute Gasteiger partial charge is 0.251 e. The molecule has 1 heterocycles. The van der Waals surface area contributed by atoms with E-state index >= 15 is 0 Å². The van der Waals surface area contributed by atoms with E-state index < -0.39 is 0 Å². The van der Waals surface area contributed by atoms with E-state index in [0.717, 1.165) is 17.7 Å². The molecule has 0 spiro atoms. The summed E-state index contributed by atoms with van der Waals surface area (Å²) in [6, 6.07) is 13.6. The molecule has 2 amide bonds. The number of carbonyl (C=O) groups is 2. The highest BCUT2D eigenvalue weighted by Crippen LogP contribution is 2.38. The minimum absolute atomic E-state index is 0.000974. The van der Waals surface area contributed by atoms with Crippen LogP contribution in [0.5, 0.6) is 0 Å². The van der Waals surface area contributed by atoms with Crippen molar-refractivity contribution in [1.82, 2.24) is 5.32 Å². The third-order valence-corrected chi connectivity index (χ3v) is 5.41. The number of nitrogens with zero attached hydrogens (tertiary/aromatic N) is 1. The van der Waals surface area contributed by atoms with Crippen molar-refractivity contribution >= 4 is 23.6 Å². The highest BCUT2D eigenvalue weighted by atomic mass is 19.1. The summed E-state index contributed by atoms with van der Waals surface area (Å²) >= 11 is 0. The number of para-hydroxylation sites is 1. The second kappa shape index (κ2) is 9.03. The SMILES string of the molecule is CC[C@H](C)NC(=O)[C@H]1C[C@@H](C)N(C(=O)/C=C/c2cccc(F)c2)c2ccccc21. The van der Waals surface area contributed by atoms with Crippen molar-refractivity contribution < 1.29 is 14.0 Å². The second-order valence-corrected chi connectivity index (χ2v) is 7.61. The molecular formula is C24H27FN2O2. The molecule has 2 aromatic rings. The first-order chi connectivity index (χ1) is 13.9. The quantitative estimate of drug-likeness (QED) is 0.750.